The number of fused-ring (bicyclic) bond motifs is 3. The van der Waals surface area contributed by atoms with Gasteiger partial charge in [-0.05, 0) is 59.4 Å². The van der Waals surface area contributed by atoms with Gasteiger partial charge >= 0.3 is 0 Å². The van der Waals surface area contributed by atoms with Gasteiger partial charge in [-0.25, -0.2) is 0 Å². The average Bonchev–Trinajstić information content (AvgIpc) is 2.76. The highest BCUT2D eigenvalue weighted by Gasteiger charge is 2.46. The molecule has 0 spiro atoms. The van der Waals surface area contributed by atoms with Crippen molar-refractivity contribution in [2.45, 2.75) is 38.5 Å². The zero-order chi connectivity index (χ0) is 9.87. The van der Waals surface area contributed by atoms with E-state index in [0.717, 1.165) is 11.8 Å². The van der Waals surface area contributed by atoms with Crippen molar-refractivity contribution in [3.8, 4) is 5.75 Å². The van der Waals surface area contributed by atoms with E-state index in [9.17, 15) is 5.11 Å². The summed E-state index contributed by atoms with van der Waals surface area (Å²) in [6, 6.07) is 3.93. The number of phenolic OH excluding ortho intramolecular Hbond substituents is 1. The van der Waals surface area contributed by atoms with E-state index < -0.39 is 0 Å². The number of hydrogen-bond donors (Lipinski definition) is 1. The maximum atomic E-state index is 9.63. The molecule has 2 aliphatic carbocycles. The summed E-state index contributed by atoms with van der Waals surface area (Å²) in [6.07, 6.45) is 2.59. The highest BCUT2D eigenvalue weighted by molar-refractivity contribution is 5.51. The van der Waals surface area contributed by atoms with Gasteiger partial charge in [0, 0.05) is 0 Å². The highest BCUT2D eigenvalue weighted by Crippen LogP contribution is 2.58. The van der Waals surface area contributed by atoms with Gasteiger partial charge in [0.2, 0.25) is 0 Å². The Labute approximate surface area is 84.8 Å². The average molecular weight is 188 g/mol. The van der Waals surface area contributed by atoms with Gasteiger partial charge in [-0.3, -0.25) is 0 Å². The zero-order valence-electron chi connectivity index (χ0n) is 8.75. The van der Waals surface area contributed by atoms with Crippen LogP contribution >= 0.6 is 0 Å². The van der Waals surface area contributed by atoms with E-state index in [4.69, 9.17) is 0 Å². The molecule has 0 heterocycles. The Kier molecular flexibility index (Phi) is 1.51. The van der Waals surface area contributed by atoms with Gasteiger partial charge in [-0.15, -0.1) is 0 Å². The summed E-state index contributed by atoms with van der Waals surface area (Å²) >= 11 is 0. The van der Waals surface area contributed by atoms with Crippen LogP contribution in [0.3, 0.4) is 0 Å². The molecule has 2 unspecified atom stereocenters. The van der Waals surface area contributed by atoms with Crippen molar-refractivity contribution in [3.63, 3.8) is 0 Å². The number of benzene rings is 1. The first-order valence-electron chi connectivity index (χ1n) is 5.52. The third kappa shape index (κ3) is 1.01. The molecule has 1 heteroatoms. The van der Waals surface area contributed by atoms with Gasteiger partial charge in [0.25, 0.3) is 0 Å². The molecule has 2 atom stereocenters. The van der Waals surface area contributed by atoms with E-state index in [0.29, 0.717) is 11.7 Å². The van der Waals surface area contributed by atoms with Crippen molar-refractivity contribution < 1.29 is 5.11 Å². The molecule has 74 valence electrons. The third-order valence-corrected chi connectivity index (χ3v) is 3.68. The number of phenols is 1. The van der Waals surface area contributed by atoms with Crippen molar-refractivity contribution >= 4 is 0 Å². The summed E-state index contributed by atoms with van der Waals surface area (Å²) in [5.74, 6) is 2.73. The smallest absolute Gasteiger partial charge is 0.116 e. The van der Waals surface area contributed by atoms with Gasteiger partial charge in [-0.2, -0.15) is 0 Å². The van der Waals surface area contributed by atoms with Gasteiger partial charge in [-0.1, -0.05) is 13.8 Å². The Morgan fingerprint density at radius 1 is 1.36 bits per heavy atom. The van der Waals surface area contributed by atoms with Crippen LogP contribution in [0.1, 0.15) is 48.8 Å². The zero-order valence-corrected chi connectivity index (χ0v) is 8.75. The first-order valence-corrected chi connectivity index (χ1v) is 5.52. The minimum absolute atomic E-state index is 0.453. The van der Waals surface area contributed by atoms with Crippen LogP contribution in [0, 0.1) is 5.92 Å². The molecule has 0 saturated heterocycles. The van der Waals surface area contributed by atoms with Gasteiger partial charge in [0.15, 0.2) is 0 Å². The van der Waals surface area contributed by atoms with E-state index in [1.807, 2.05) is 12.1 Å². The monoisotopic (exact) mass is 188 g/mol. The molecule has 0 bridgehead atoms. The van der Waals surface area contributed by atoms with E-state index >= 15 is 0 Å². The van der Waals surface area contributed by atoms with Crippen LogP contribution in [0.4, 0.5) is 0 Å². The Morgan fingerprint density at radius 3 is 2.86 bits per heavy atom. The van der Waals surface area contributed by atoms with Crippen LogP contribution in [-0.2, 0) is 6.42 Å². The second-order valence-electron chi connectivity index (χ2n) is 5.07. The molecule has 1 saturated carbocycles. The fourth-order valence-electron chi connectivity index (χ4n) is 2.93. The van der Waals surface area contributed by atoms with Crippen molar-refractivity contribution in [2.75, 3.05) is 0 Å². The summed E-state index contributed by atoms with van der Waals surface area (Å²) in [6.45, 7) is 4.43. The summed E-state index contributed by atoms with van der Waals surface area (Å²) < 4.78 is 0. The van der Waals surface area contributed by atoms with Crippen molar-refractivity contribution in [3.05, 3.63) is 28.8 Å². The SMILES string of the molecule is CC(C)c1cc(O)cc2c1C1CC1C2. The van der Waals surface area contributed by atoms with Gasteiger partial charge in [0.05, 0.1) is 0 Å². The molecule has 2 aliphatic rings. The van der Waals surface area contributed by atoms with E-state index in [1.54, 1.807) is 5.56 Å². The summed E-state index contributed by atoms with van der Waals surface area (Å²) in [7, 11) is 0. The molecule has 1 aromatic rings. The topological polar surface area (TPSA) is 20.2 Å². The first kappa shape index (κ1) is 8.34. The molecular formula is C13H16O. The lowest BCUT2D eigenvalue weighted by Gasteiger charge is -2.14. The Hall–Kier alpha value is -0.980. The lowest BCUT2D eigenvalue weighted by Crippen LogP contribution is -1.96. The van der Waals surface area contributed by atoms with Crippen LogP contribution in [0.25, 0.3) is 0 Å². The number of hydrogen-bond acceptors (Lipinski definition) is 1. The third-order valence-electron chi connectivity index (χ3n) is 3.68. The Morgan fingerprint density at radius 2 is 2.14 bits per heavy atom. The van der Waals surface area contributed by atoms with Gasteiger partial charge in [0.1, 0.15) is 5.75 Å². The van der Waals surface area contributed by atoms with Crippen molar-refractivity contribution in [2.24, 2.45) is 5.92 Å². The second kappa shape index (κ2) is 2.53. The van der Waals surface area contributed by atoms with E-state index in [2.05, 4.69) is 13.8 Å². The van der Waals surface area contributed by atoms with Crippen LogP contribution in [0.5, 0.6) is 5.75 Å². The maximum absolute atomic E-state index is 9.63. The minimum atomic E-state index is 0.453. The molecule has 0 radical (unpaired) electrons. The molecule has 3 rings (SSSR count). The molecule has 1 fully saturated rings. The lowest BCUT2D eigenvalue weighted by atomic mass is 9.92. The predicted molar refractivity (Wildman–Crippen MR) is 56.7 cm³/mol. The predicted octanol–water partition coefficient (Wildman–Crippen LogP) is 3.18. The fraction of sp³-hybridized carbons (Fsp3) is 0.538. The largest absolute Gasteiger partial charge is 0.508 e. The summed E-state index contributed by atoms with van der Waals surface area (Å²) in [5, 5.41) is 9.63. The normalized spacial score (nSPS) is 27.6. The summed E-state index contributed by atoms with van der Waals surface area (Å²) in [5.41, 5.74) is 4.36. The van der Waals surface area contributed by atoms with Crippen molar-refractivity contribution in [1.29, 1.82) is 0 Å². The second-order valence-corrected chi connectivity index (χ2v) is 5.07. The van der Waals surface area contributed by atoms with Crippen LogP contribution in [0.2, 0.25) is 0 Å². The number of aromatic hydroxyl groups is 1. The van der Waals surface area contributed by atoms with Crippen LogP contribution in [0.15, 0.2) is 12.1 Å². The maximum Gasteiger partial charge on any atom is 0.116 e. The standard InChI is InChI=1S/C13H16O/c1-7(2)11-6-10(14)4-9-3-8-5-12(8)13(9)11/h4,6-8,12,14H,3,5H2,1-2H3. The molecule has 0 aliphatic heterocycles. The van der Waals surface area contributed by atoms with E-state index in [1.165, 1.54) is 24.0 Å². The molecule has 1 nitrogen and oxygen atoms in total. The fourth-order valence-corrected chi connectivity index (χ4v) is 2.93. The molecule has 14 heavy (non-hydrogen) atoms. The van der Waals surface area contributed by atoms with E-state index in [-0.39, 0.29) is 0 Å². The lowest BCUT2D eigenvalue weighted by molar-refractivity contribution is 0.473. The van der Waals surface area contributed by atoms with Crippen LogP contribution < -0.4 is 0 Å². The minimum Gasteiger partial charge on any atom is -0.508 e. The molecule has 0 aromatic heterocycles. The first-order chi connectivity index (χ1) is 6.66. The van der Waals surface area contributed by atoms with Crippen molar-refractivity contribution in [1.82, 2.24) is 0 Å². The molecular weight excluding hydrogens is 172 g/mol. The van der Waals surface area contributed by atoms with Crippen LogP contribution in [-0.4, -0.2) is 5.11 Å². The highest BCUT2D eigenvalue weighted by atomic mass is 16.3. The van der Waals surface area contributed by atoms with Gasteiger partial charge < -0.3 is 5.11 Å². The quantitative estimate of drug-likeness (QED) is 0.717. The number of rotatable bonds is 1. The Balaban J connectivity index is 2.19. The Bertz CT molecular complexity index is 392. The molecule has 0 amide bonds. The summed E-state index contributed by atoms with van der Waals surface area (Å²) in [4.78, 5) is 0. The molecule has 1 aromatic carbocycles. The molecule has 1 N–H and O–H groups in total.